The summed E-state index contributed by atoms with van der Waals surface area (Å²) in [5.74, 6) is 0. The van der Waals surface area contributed by atoms with Crippen molar-refractivity contribution in [2.75, 3.05) is 20.0 Å². The van der Waals surface area contributed by atoms with Gasteiger partial charge in [-0.15, -0.1) is 13.2 Å². The van der Waals surface area contributed by atoms with E-state index in [2.05, 4.69) is 4.74 Å². The van der Waals surface area contributed by atoms with Crippen molar-refractivity contribution in [3.05, 3.63) is 0 Å². The Morgan fingerprint density at radius 1 is 1.08 bits per heavy atom. The van der Waals surface area contributed by atoms with E-state index in [0.29, 0.717) is 6.42 Å². The maximum Gasteiger partial charge on any atom is 0.522 e. The van der Waals surface area contributed by atoms with Gasteiger partial charge in [0.25, 0.3) is 0 Å². The van der Waals surface area contributed by atoms with Crippen molar-refractivity contribution in [3.63, 3.8) is 0 Å². The quantitative estimate of drug-likeness (QED) is 0.509. The van der Waals surface area contributed by atoms with Crippen LogP contribution in [0.3, 0.4) is 0 Å². The minimum atomic E-state index is -4.62. The zero-order valence-corrected chi connectivity index (χ0v) is 7.33. The lowest BCUT2D eigenvalue weighted by atomic mass is 10.5. The van der Waals surface area contributed by atoms with Gasteiger partial charge in [-0.1, -0.05) is 6.92 Å². The molecule has 0 aromatic rings. The molecule has 82 valence electrons. The normalized spacial score (nSPS) is 10.6. The Morgan fingerprint density at radius 2 is 1.54 bits per heavy atom. The first-order valence-electron chi connectivity index (χ1n) is 3.80. The van der Waals surface area contributed by atoms with Crippen LogP contribution in [-0.4, -0.2) is 26.3 Å². The Balaban J connectivity index is 0. The van der Waals surface area contributed by atoms with Crippen molar-refractivity contribution < 1.29 is 26.7 Å². The van der Waals surface area contributed by atoms with Gasteiger partial charge in [0.15, 0.2) is 0 Å². The second-order valence-corrected chi connectivity index (χ2v) is 2.03. The van der Waals surface area contributed by atoms with E-state index in [-0.39, 0.29) is 13.1 Å². The molecule has 0 rings (SSSR count). The molecule has 0 radical (unpaired) electrons. The first-order chi connectivity index (χ1) is 5.97. The molecule has 13 heavy (non-hydrogen) atoms. The Hall–Kier alpha value is -0.390. The van der Waals surface area contributed by atoms with E-state index in [4.69, 9.17) is 0 Å². The molecule has 0 fully saturated rings. The minimum absolute atomic E-state index is 0.181. The van der Waals surface area contributed by atoms with Crippen molar-refractivity contribution in [2.24, 2.45) is 0 Å². The van der Waals surface area contributed by atoms with Gasteiger partial charge in [-0.3, -0.25) is 13.5 Å². The van der Waals surface area contributed by atoms with Gasteiger partial charge in [0.05, 0.1) is 20.0 Å². The summed E-state index contributed by atoms with van der Waals surface area (Å²) in [6.45, 7) is 0.246. The molecule has 0 aromatic carbocycles. The molecule has 6 heteroatoms. The van der Waals surface area contributed by atoms with Crippen LogP contribution in [0.25, 0.3) is 0 Å². The lowest BCUT2D eigenvalue weighted by Gasteiger charge is -2.04. The second kappa shape index (κ2) is 9.70. The highest BCUT2D eigenvalue weighted by molar-refractivity contribution is 4.32. The fraction of sp³-hybridized carbons (Fsp3) is 1.00. The van der Waals surface area contributed by atoms with Crippen LogP contribution in [0.4, 0.5) is 22.0 Å². The molecule has 0 N–H and O–H groups in total. The number of ether oxygens (including phenoxy) is 1. The SMILES string of the molecule is CCCF.FCCCOC(F)(F)F. The molecule has 0 heterocycles. The molecule has 0 amide bonds. The molecule has 0 saturated heterocycles. The van der Waals surface area contributed by atoms with Crippen molar-refractivity contribution in [3.8, 4) is 0 Å². The highest BCUT2D eigenvalue weighted by atomic mass is 19.4. The third kappa shape index (κ3) is 24.5. The van der Waals surface area contributed by atoms with E-state index in [0.717, 1.165) is 0 Å². The van der Waals surface area contributed by atoms with Crippen molar-refractivity contribution >= 4 is 0 Å². The zero-order chi connectivity index (χ0) is 10.7. The van der Waals surface area contributed by atoms with Crippen molar-refractivity contribution in [2.45, 2.75) is 26.1 Å². The predicted octanol–water partition coefficient (Wildman–Crippen LogP) is 3.25. The lowest BCUT2D eigenvalue weighted by Crippen LogP contribution is -2.14. The molecule has 0 unspecified atom stereocenters. The van der Waals surface area contributed by atoms with Gasteiger partial charge in [0.2, 0.25) is 0 Å². The molecule has 0 aromatic heterocycles. The second-order valence-electron chi connectivity index (χ2n) is 2.03. The summed E-state index contributed by atoms with van der Waals surface area (Å²) in [6.07, 6.45) is -4.17. The number of rotatable bonds is 4. The van der Waals surface area contributed by atoms with Gasteiger partial charge >= 0.3 is 6.36 Å². The summed E-state index contributed by atoms with van der Waals surface area (Å²) in [5, 5.41) is 0. The molecule has 0 atom stereocenters. The summed E-state index contributed by atoms with van der Waals surface area (Å²) in [6, 6.07) is 0. The third-order valence-electron chi connectivity index (χ3n) is 0.733. The minimum Gasteiger partial charge on any atom is -0.292 e. The Morgan fingerprint density at radius 3 is 1.77 bits per heavy atom. The van der Waals surface area contributed by atoms with E-state index in [1.807, 2.05) is 0 Å². The fourth-order valence-corrected chi connectivity index (χ4v) is 0.242. The van der Waals surface area contributed by atoms with Crippen molar-refractivity contribution in [1.29, 1.82) is 0 Å². The Bertz CT molecular complexity index is 91.4. The van der Waals surface area contributed by atoms with Crippen LogP contribution in [0.15, 0.2) is 0 Å². The van der Waals surface area contributed by atoms with Gasteiger partial charge in [0.1, 0.15) is 0 Å². The molecule has 0 spiro atoms. The largest absolute Gasteiger partial charge is 0.522 e. The van der Waals surface area contributed by atoms with Gasteiger partial charge in [-0.05, 0) is 12.8 Å². The van der Waals surface area contributed by atoms with Crippen LogP contribution >= 0.6 is 0 Å². The van der Waals surface area contributed by atoms with Crippen LogP contribution in [0.1, 0.15) is 19.8 Å². The van der Waals surface area contributed by atoms with E-state index in [1.165, 1.54) is 0 Å². The Labute approximate surface area is 73.9 Å². The molecule has 0 aliphatic heterocycles. The van der Waals surface area contributed by atoms with Crippen molar-refractivity contribution in [1.82, 2.24) is 0 Å². The summed E-state index contributed by atoms with van der Waals surface area (Å²) in [7, 11) is 0. The summed E-state index contributed by atoms with van der Waals surface area (Å²) in [5.41, 5.74) is 0. The standard InChI is InChI=1S/C4H6F4O.C3H7F/c5-2-1-3-9-4(6,7)8;1-2-3-4/h1-3H2;2-3H2,1H3. The third-order valence-corrected chi connectivity index (χ3v) is 0.733. The highest BCUT2D eigenvalue weighted by Crippen LogP contribution is 2.15. The summed E-state index contributed by atoms with van der Waals surface area (Å²) >= 11 is 0. The predicted molar refractivity (Wildman–Crippen MR) is 38.9 cm³/mol. The number of hydrogen-bond donors (Lipinski definition) is 0. The van der Waals surface area contributed by atoms with E-state index in [9.17, 15) is 22.0 Å². The molecule has 0 saturated carbocycles. The van der Waals surface area contributed by atoms with E-state index in [1.54, 1.807) is 6.92 Å². The number of halogens is 5. The molecular formula is C7H13F5O. The van der Waals surface area contributed by atoms with Crippen LogP contribution in [0.2, 0.25) is 0 Å². The monoisotopic (exact) mass is 208 g/mol. The molecular weight excluding hydrogens is 195 g/mol. The topological polar surface area (TPSA) is 9.23 Å². The maximum atomic E-state index is 11.1. The molecule has 0 aliphatic rings. The number of alkyl halides is 5. The van der Waals surface area contributed by atoms with Crippen LogP contribution in [0, 0.1) is 0 Å². The van der Waals surface area contributed by atoms with Crippen LogP contribution in [-0.2, 0) is 4.74 Å². The van der Waals surface area contributed by atoms with Crippen LogP contribution < -0.4 is 0 Å². The highest BCUT2D eigenvalue weighted by Gasteiger charge is 2.28. The summed E-state index contributed by atoms with van der Waals surface area (Å²) < 4.78 is 58.2. The summed E-state index contributed by atoms with van der Waals surface area (Å²) in [4.78, 5) is 0. The fourth-order valence-electron chi connectivity index (χ4n) is 0.242. The van der Waals surface area contributed by atoms with Gasteiger partial charge < -0.3 is 0 Å². The first kappa shape index (κ1) is 15.1. The molecule has 1 nitrogen and oxygen atoms in total. The first-order valence-corrected chi connectivity index (χ1v) is 3.80. The van der Waals surface area contributed by atoms with Crippen LogP contribution in [0.5, 0.6) is 0 Å². The molecule has 0 aliphatic carbocycles. The average molecular weight is 208 g/mol. The van der Waals surface area contributed by atoms with Gasteiger partial charge in [-0.2, -0.15) is 0 Å². The van der Waals surface area contributed by atoms with E-state index < -0.39 is 19.6 Å². The Kier molecular flexibility index (Phi) is 11.3. The van der Waals surface area contributed by atoms with Gasteiger partial charge in [0, 0.05) is 0 Å². The maximum absolute atomic E-state index is 11.1. The number of hydrogen-bond acceptors (Lipinski definition) is 1. The average Bonchev–Trinajstić information content (AvgIpc) is 2.03. The lowest BCUT2D eigenvalue weighted by molar-refractivity contribution is -0.324. The van der Waals surface area contributed by atoms with Gasteiger partial charge in [-0.25, -0.2) is 0 Å². The molecule has 0 bridgehead atoms. The smallest absolute Gasteiger partial charge is 0.292 e. The van der Waals surface area contributed by atoms with E-state index >= 15 is 0 Å². The zero-order valence-electron chi connectivity index (χ0n) is 7.33.